The first-order valence-corrected chi connectivity index (χ1v) is 5.05. The lowest BCUT2D eigenvalue weighted by molar-refractivity contribution is 0.0991. The summed E-state index contributed by atoms with van der Waals surface area (Å²) in [6.45, 7) is 0. The molecule has 6 heteroatoms. The first-order chi connectivity index (χ1) is 7.66. The second-order valence-corrected chi connectivity index (χ2v) is 3.68. The van der Waals surface area contributed by atoms with Gasteiger partial charge in [-0.05, 0) is 17.3 Å². The molecule has 0 aliphatic heterocycles. The molecule has 0 radical (unpaired) electrons. The quantitative estimate of drug-likeness (QED) is 0.754. The number of aryl methyl sites for hydroxylation is 1. The Morgan fingerprint density at radius 3 is 2.81 bits per heavy atom. The lowest BCUT2D eigenvalue weighted by Gasteiger charge is -1.99. The maximum Gasteiger partial charge on any atom is 0.182 e. The molecule has 0 spiro atoms. The molecular weight excluding hydrogens is 228 g/mol. The van der Waals surface area contributed by atoms with E-state index in [1.54, 1.807) is 31.3 Å². The van der Waals surface area contributed by atoms with E-state index in [1.807, 2.05) is 0 Å². The van der Waals surface area contributed by atoms with Gasteiger partial charge >= 0.3 is 0 Å². The van der Waals surface area contributed by atoms with Gasteiger partial charge in [0, 0.05) is 5.56 Å². The van der Waals surface area contributed by atoms with Gasteiger partial charge in [0.2, 0.25) is 0 Å². The predicted molar refractivity (Wildman–Crippen MR) is 58.3 cm³/mol. The number of ketones is 1. The number of carbonyl (C=O) groups excluding carboxylic acids is 1. The van der Waals surface area contributed by atoms with Crippen molar-refractivity contribution < 1.29 is 4.79 Å². The molecule has 2 aromatic rings. The average molecular weight is 237 g/mol. The molecule has 1 aromatic carbocycles. The van der Waals surface area contributed by atoms with Gasteiger partial charge in [0.15, 0.2) is 11.6 Å². The Labute approximate surface area is 97.0 Å². The third-order valence-electron chi connectivity index (χ3n) is 2.04. The number of Topliss-reactive ketones (excluding diaryl/α,β-unsaturated/α-hetero) is 1. The normalized spacial score (nSPS) is 10.4. The van der Waals surface area contributed by atoms with E-state index in [0.29, 0.717) is 16.4 Å². The van der Waals surface area contributed by atoms with Crippen molar-refractivity contribution in [1.29, 1.82) is 0 Å². The molecule has 1 aromatic heterocycles. The average Bonchev–Trinajstić information content (AvgIpc) is 2.64. The third kappa shape index (κ3) is 2.25. The highest BCUT2D eigenvalue weighted by molar-refractivity contribution is 6.34. The Bertz CT molecular complexity index is 523. The van der Waals surface area contributed by atoms with Crippen LogP contribution >= 0.6 is 11.6 Å². The first-order valence-electron chi connectivity index (χ1n) is 4.67. The molecule has 0 fully saturated rings. The van der Waals surface area contributed by atoms with E-state index in [2.05, 4.69) is 15.4 Å². The molecule has 1 heterocycles. The summed E-state index contributed by atoms with van der Waals surface area (Å²) in [6, 6.07) is 6.91. The number of hydrogen-bond donors (Lipinski definition) is 0. The Kier molecular flexibility index (Phi) is 2.96. The van der Waals surface area contributed by atoms with Crippen LogP contribution in [0.15, 0.2) is 24.3 Å². The summed E-state index contributed by atoms with van der Waals surface area (Å²) in [5.41, 5.74) is 0.483. The Morgan fingerprint density at radius 1 is 1.44 bits per heavy atom. The van der Waals surface area contributed by atoms with Crippen molar-refractivity contribution in [2.24, 2.45) is 7.05 Å². The van der Waals surface area contributed by atoms with Crippen LogP contribution in [0.3, 0.4) is 0 Å². The lowest BCUT2D eigenvalue weighted by atomic mass is 10.1. The molecular formula is C10H9ClN4O. The molecule has 0 N–H and O–H groups in total. The molecule has 5 nitrogen and oxygen atoms in total. The minimum Gasteiger partial charge on any atom is -0.294 e. The van der Waals surface area contributed by atoms with Crippen LogP contribution in [0.4, 0.5) is 0 Å². The summed E-state index contributed by atoms with van der Waals surface area (Å²) in [4.78, 5) is 13.2. The standard InChI is InChI=1S/C10H9ClN4O/c1-15-13-10(12-14-15)6-9(16)7-4-2-3-5-8(7)11/h2-5H,6H2,1H3. The molecule has 0 saturated carbocycles. The zero-order valence-electron chi connectivity index (χ0n) is 8.59. The Hall–Kier alpha value is -1.75. The number of hydrogen-bond acceptors (Lipinski definition) is 4. The van der Waals surface area contributed by atoms with Crippen molar-refractivity contribution in [3.63, 3.8) is 0 Å². The van der Waals surface area contributed by atoms with Gasteiger partial charge in [-0.2, -0.15) is 4.80 Å². The number of rotatable bonds is 3. The fourth-order valence-electron chi connectivity index (χ4n) is 1.32. The zero-order chi connectivity index (χ0) is 11.5. The highest BCUT2D eigenvalue weighted by Gasteiger charge is 2.13. The van der Waals surface area contributed by atoms with Gasteiger partial charge in [0.1, 0.15) is 0 Å². The highest BCUT2D eigenvalue weighted by atomic mass is 35.5. The fraction of sp³-hybridized carbons (Fsp3) is 0.200. The van der Waals surface area contributed by atoms with E-state index in [-0.39, 0.29) is 12.2 Å². The molecule has 0 unspecified atom stereocenters. The minimum atomic E-state index is -0.112. The summed E-state index contributed by atoms with van der Waals surface area (Å²) in [5, 5.41) is 11.8. The van der Waals surface area contributed by atoms with E-state index in [9.17, 15) is 4.79 Å². The maximum atomic E-state index is 11.8. The summed E-state index contributed by atoms with van der Waals surface area (Å²) in [5.74, 6) is 0.283. The van der Waals surface area contributed by atoms with Crippen molar-refractivity contribution >= 4 is 17.4 Å². The fourth-order valence-corrected chi connectivity index (χ4v) is 1.56. The van der Waals surface area contributed by atoms with Gasteiger partial charge in [-0.1, -0.05) is 23.7 Å². The van der Waals surface area contributed by atoms with Crippen molar-refractivity contribution in [2.45, 2.75) is 6.42 Å². The van der Waals surface area contributed by atoms with Crippen molar-refractivity contribution in [1.82, 2.24) is 20.2 Å². The lowest BCUT2D eigenvalue weighted by Crippen LogP contribution is -2.06. The van der Waals surface area contributed by atoms with E-state index >= 15 is 0 Å². The van der Waals surface area contributed by atoms with Crippen LogP contribution in [0.1, 0.15) is 16.2 Å². The minimum absolute atomic E-state index is 0.109. The number of halogens is 1. The largest absolute Gasteiger partial charge is 0.294 e. The van der Waals surface area contributed by atoms with Crippen molar-refractivity contribution in [2.75, 3.05) is 0 Å². The molecule has 0 bridgehead atoms. The Morgan fingerprint density at radius 2 is 2.19 bits per heavy atom. The number of carbonyl (C=O) groups is 1. The van der Waals surface area contributed by atoms with Crippen LogP contribution in [-0.2, 0) is 13.5 Å². The van der Waals surface area contributed by atoms with Gasteiger partial charge in [0.05, 0.1) is 18.5 Å². The van der Waals surface area contributed by atoms with Crippen LogP contribution in [0, 0.1) is 0 Å². The molecule has 0 amide bonds. The van der Waals surface area contributed by atoms with Crippen LogP contribution in [-0.4, -0.2) is 26.0 Å². The van der Waals surface area contributed by atoms with Crippen LogP contribution in [0.2, 0.25) is 5.02 Å². The van der Waals surface area contributed by atoms with Crippen molar-refractivity contribution in [3.8, 4) is 0 Å². The van der Waals surface area contributed by atoms with E-state index < -0.39 is 0 Å². The van der Waals surface area contributed by atoms with E-state index in [1.165, 1.54) is 4.80 Å². The first kappa shape index (κ1) is 10.8. The van der Waals surface area contributed by atoms with Crippen LogP contribution in [0.25, 0.3) is 0 Å². The summed E-state index contributed by atoms with van der Waals surface area (Å²) in [6.07, 6.45) is 0.109. The Balaban J connectivity index is 2.18. The van der Waals surface area contributed by atoms with E-state index in [0.717, 1.165) is 0 Å². The highest BCUT2D eigenvalue weighted by Crippen LogP contribution is 2.16. The smallest absolute Gasteiger partial charge is 0.182 e. The number of aromatic nitrogens is 4. The van der Waals surface area contributed by atoms with Gasteiger partial charge in [-0.3, -0.25) is 4.79 Å². The van der Waals surface area contributed by atoms with Gasteiger partial charge in [-0.15, -0.1) is 10.2 Å². The summed E-state index contributed by atoms with van der Waals surface area (Å²) in [7, 11) is 1.65. The van der Waals surface area contributed by atoms with Crippen molar-refractivity contribution in [3.05, 3.63) is 40.7 Å². The molecule has 0 aliphatic carbocycles. The topological polar surface area (TPSA) is 60.7 Å². The predicted octanol–water partition coefficient (Wildman–Crippen LogP) is 1.29. The third-order valence-corrected chi connectivity index (χ3v) is 2.37. The monoisotopic (exact) mass is 236 g/mol. The molecule has 82 valence electrons. The van der Waals surface area contributed by atoms with E-state index in [4.69, 9.17) is 11.6 Å². The molecule has 2 rings (SSSR count). The number of tetrazole rings is 1. The van der Waals surface area contributed by atoms with Gasteiger partial charge < -0.3 is 0 Å². The second-order valence-electron chi connectivity index (χ2n) is 3.27. The maximum absolute atomic E-state index is 11.8. The molecule has 0 aliphatic rings. The number of benzene rings is 1. The summed E-state index contributed by atoms with van der Waals surface area (Å²) >= 11 is 5.91. The second kappa shape index (κ2) is 4.40. The zero-order valence-corrected chi connectivity index (χ0v) is 9.35. The van der Waals surface area contributed by atoms with Crippen LogP contribution < -0.4 is 0 Å². The van der Waals surface area contributed by atoms with Gasteiger partial charge in [-0.25, -0.2) is 0 Å². The van der Waals surface area contributed by atoms with Gasteiger partial charge in [0.25, 0.3) is 0 Å². The molecule has 0 atom stereocenters. The molecule has 16 heavy (non-hydrogen) atoms. The molecule has 0 saturated heterocycles. The SMILES string of the molecule is Cn1nnc(CC(=O)c2ccccc2Cl)n1. The van der Waals surface area contributed by atoms with Crippen LogP contribution in [0.5, 0.6) is 0 Å². The summed E-state index contributed by atoms with van der Waals surface area (Å²) < 4.78 is 0. The number of nitrogens with zero attached hydrogens (tertiary/aromatic N) is 4.